The number of carbonyl (C=O) groups excluding carboxylic acids is 1. The Morgan fingerprint density at radius 2 is 1.93 bits per heavy atom. The first-order valence-electron chi connectivity index (χ1n) is 9.10. The van der Waals surface area contributed by atoms with Gasteiger partial charge in [-0.05, 0) is 45.4 Å². The number of H-pyrrole nitrogens is 1. The number of aryl methyl sites for hydroxylation is 2. The SMILES string of the molecule is Cc1nc2cc(=O)[nH]n2c(C)c1CNC(=O)CC1CC2CCC(C1)N2.Cl.Cl. The fourth-order valence-corrected chi connectivity index (χ4v) is 4.47. The zero-order valence-electron chi connectivity index (χ0n) is 15.6. The number of nitrogens with one attached hydrogen (secondary N) is 3. The summed E-state index contributed by atoms with van der Waals surface area (Å²) in [6.45, 7) is 4.29. The lowest BCUT2D eigenvalue weighted by Crippen LogP contribution is -2.39. The summed E-state index contributed by atoms with van der Waals surface area (Å²) in [6.07, 6.45) is 5.33. The van der Waals surface area contributed by atoms with Crippen molar-refractivity contribution in [2.75, 3.05) is 0 Å². The maximum absolute atomic E-state index is 12.4. The number of aromatic nitrogens is 3. The number of amides is 1. The molecule has 2 aromatic rings. The molecule has 0 aromatic carbocycles. The van der Waals surface area contributed by atoms with Gasteiger partial charge >= 0.3 is 0 Å². The van der Waals surface area contributed by atoms with E-state index in [0.717, 1.165) is 29.8 Å². The molecule has 2 fully saturated rings. The van der Waals surface area contributed by atoms with Crippen molar-refractivity contribution >= 4 is 36.4 Å². The molecule has 0 radical (unpaired) electrons. The van der Waals surface area contributed by atoms with Gasteiger partial charge in [0.2, 0.25) is 5.91 Å². The van der Waals surface area contributed by atoms with E-state index < -0.39 is 0 Å². The van der Waals surface area contributed by atoms with E-state index in [1.807, 2.05) is 13.8 Å². The van der Waals surface area contributed by atoms with Crippen LogP contribution in [-0.2, 0) is 11.3 Å². The number of hydrogen-bond donors (Lipinski definition) is 3. The van der Waals surface area contributed by atoms with Crippen molar-refractivity contribution in [3.05, 3.63) is 33.4 Å². The zero-order valence-corrected chi connectivity index (χ0v) is 17.2. The molecule has 27 heavy (non-hydrogen) atoms. The average molecular weight is 416 g/mol. The Hall–Kier alpha value is -1.57. The van der Waals surface area contributed by atoms with Gasteiger partial charge in [-0.15, -0.1) is 24.8 Å². The second-order valence-corrected chi connectivity index (χ2v) is 7.53. The van der Waals surface area contributed by atoms with E-state index in [1.54, 1.807) is 4.52 Å². The summed E-state index contributed by atoms with van der Waals surface area (Å²) in [4.78, 5) is 28.4. The van der Waals surface area contributed by atoms with Crippen molar-refractivity contribution in [3.8, 4) is 0 Å². The van der Waals surface area contributed by atoms with Gasteiger partial charge in [-0.1, -0.05) is 0 Å². The third-order valence-corrected chi connectivity index (χ3v) is 5.71. The highest BCUT2D eigenvalue weighted by Gasteiger charge is 2.34. The fraction of sp³-hybridized carbons (Fsp3) is 0.611. The van der Waals surface area contributed by atoms with Crippen molar-refractivity contribution in [1.29, 1.82) is 0 Å². The number of aromatic amines is 1. The molecule has 3 N–H and O–H groups in total. The van der Waals surface area contributed by atoms with Crippen LogP contribution in [0.5, 0.6) is 0 Å². The van der Waals surface area contributed by atoms with Crippen molar-refractivity contribution in [3.63, 3.8) is 0 Å². The molecule has 2 saturated heterocycles. The van der Waals surface area contributed by atoms with Gasteiger partial charge in [0, 0.05) is 48.1 Å². The second kappa shape index (κ2) is 8.63. The van der Waals surface area contributed by atoms with E-state index >= 15 is 0 Å². The molecule has 0 aliphatic carbocycles. The first-order valence-corrected chi connectivity index (χ1v) is 9.10. The standard InChI is InChI=1S/C18H25N5O2.2ClH/c1-10-15(11(2)23-16(20-10)8-18(25)22-23)9-19-17(24)7-12-5-13-3-4-14(6-12)21-13;;/h8,12-14,21H,3-7,9H2,1-2H3,(H,19,24)(H,22,25);2*1H. The first-order chi connectivity index (χ1) is 12.0. The molecule has 9 heteroatoms. The monoisotopic (exact) mass is 415 g/mol. The molecule has 0 saturated carbocycles. The zero-order chi connectivity index (χ0) is 17.6. The number of carbonyl (C=O) groups is 1. The van der Waals surface area contributed by atoms with Crippen molar-refractivity contribution in [2.45, 2.75) is 64.6 Å². The molecule has 2 unspecified atom stereocenters. The van der Waals surface area contributed by atoms with Gasteiger partial charge in [0.25, 0.3) is 5.56 Å². The van der Waals surface area contributed by atoms with E-state index in [4.69, 9.17) is 0 Å². The molecule has 2 aliphatic heterocycles. The molecule has 2 aromatic heterocycles. The maximum Gasteiger partial charge on any atom is 0.266 e. The van der Waals surface area contributed by atoms with E-state index in [0.29, 0.717) is 36.6 Å². The Morgan fingerprint density at radius 3 is 2.59 bits per heavy atom. The topological polar surface area (TPSA) is 91.3 Å². The molecule has 7 nitrogen and oxygen atoms in total. The van der Waals surface area contributed by atoms with E-state index in [-0.39, 0.29) is 36.3 Å². The summed E-state index contributed by atoms with van der Waals surface area (Å²) in [7, 11) is 0. The van der Waals surface area contributed by atoms with E-state index in [9.17, 15) is 9.59 Å². The Bertz CT molecular complexity index is 866. The van der Waals surface area contributed by atoms with Crippen molar-refractivity contribution in [2.24, 2.45) is 5.92 Å². The Morgan fingerprint density at radius 1 is 1.26 bits per heavy atom. The van der Waals surface area contributed by atoms with Gasteiger partial charge in [-0.2, -0.15) is 0 Å². The van der Waals surface area contributed by atoms with Crippen LogP contribution in [-0.4, -0.2) is 32.6 Å². The first kappa shape index (κ1) is 21.7. The van der Waals surface area contributed by atoms with Crippen LogP contribution in [0.3, 0.4) is 0 Å². The van der Waals surface area contributed by atoms with Crippen LogP contribution < -0.4 is 16.2 Å². The Balaban J connectivity index is 0.00000131. The molecule has 1 amide bonds. The van der Waals surface area contributed by atoms with Crippen LogP contribution in [0.4, 0.5) is 0 Å². The minimum atomic E-state index is -0.170. The predicted octanol–water partition coefficient (Wildman–Crippen LogP) is 2.02. The van der Waals surface area contributed by atoms with Gasteiger partial charge in [0.05, 0.1) is 0 Å². The smallest absolute Gasteiger partial charge is 0.266 e. The van der Waals surface area contributed by atoms with Crippen LogP contribution in [0.1, 0.15) is 49.1 Å². The van der Waals surface area contributed by atoms with Gasteiger partial charge in [-0.25, -0.2) is 9.50 Å². The summed E-state index contributed by atoms with van der Waals surface area (Å²) < 4.78 is 1.68. The molecular weight excluding hydrogens is 389 g/mol. The number of hydrogen-bond acceptors (Lipinski definition) is 4. The molecular formula is C18H27Cl2N5O2. The number of piperidine rings is 1. The fourth-order valence-electron chi connectivity index (χ4n) is 4.47. The summed E-state index contributed by atoms with van der Waals surface area (Å²) >= 11 is 0. The second-order valence-electron chi connectivity index (χ2n) is 7.53. The Kier molecular flexibility index (Phi) is 6.94. The largest absolute Gasteiger partial charge is 0.352 e. The predicted molar refractivity (Wildman–Crippen MR) is 109 cm³/mol. The highest BCUT2D eigenvalue weighted by atomic mass is 35.5. The van der Waals surface area contributed by atoms with Crippen molar-refractivity contribution in [1.82, 2.24) is 25.2 Å². The molecule has 4 heterocycles. The molecule has 2 aliphatic rings. The maximum atomic E-state index is 12.4. The highest BCUT2D eigenvalue weighted by Crippen LogP contribution is 2.32. The Labute approximate surface area is 170 Å². The summed E-state index contributed by atoms with van der Waals surface area (Å²) in [5.41, 5.74) is 3.15. The lowest BCUT2D eigenvalue weighted by molar-refractivity contribution is -0.122. The molecule has 0 spiro atoms. The number of nitrogens with zero attached hydrogens (tertiary/aromatic N) is 2. The van der Waals surface area contributed by atoms with Crippen LogP contribution in [0.2, 0.25) is 0 Å². The minimum absolute atomic E-state index is 0. The van der Waals surface area contributed by atoms with Crippen LogP contribution in [0.15, 0.2) is 10.9 Å². The molecule has 2 bridgehead atoms. The summed E-state index contributed by atoms with van der Waals surface area (Å²) in [5, 5.41) is 9.40. The average Bonchev–Trinajstić information content (AvgIpc) is 3.09. The highest BCUT2D eigenvalue weighted by molar-refractivity contribution is 5.85. The van der Waals surface area contributed by atoms with Crippen LogP contribution >= 0.6 is 24.8 Å². The summed E-state index contributed by atoms with van der Waals surface area (Å²) in [6, 6.07) is 2.70. The molecule has 2 atom stereocenters. The molecule has 4 rings (SSSR count). The number of halogens is 2. The van der Waals surface area contributed by atoms with Crippen LogP contribution in [0, 0.1) is 19.8 Å². The minimum Gasteiger partial charge on any atom is -0.352 e. The van der Waals surface area contributed by atoms with Gasteiger partial charge in [0.15, 0.2) is 5.65 Å². The number of fused-ring (bicyclic) bond motifs is 3. The van der Waals surface area contributed by atoms with E-state index in [1.165, 1.54) is 18.9 Å². The van der Waals surface area contributed by atoms with Crippen molar-refractivity contribution < 1.29 is 4.79 Å². The van der Waals surface area contributed by atoms with E-state index in [2.05, 4.69) is 20.7 Å². The lowest BCUT2D eigenvalue weighted by atomic mass is 9.89. The van der Waals surface area contributed by atoms with Crippen LogP contribution in [0.25, 0.3) is 5.65 Å². The lowest BCUT2D eigenvalue weighted by Gasteiger charge is -2.28. The molecule has 150 valence electrons. The third-order valence-electron chi connectivity index (χ3n) is 5.71. The van der Waals surface area contributed by atoms with Gasteiger partial charge < -0.3 is 10.6 Å². The quantitative estimate of drug-likeness (QED) is 0.711. The summed E-state index contributed by atoms with van der Waals surface area (Å²) in [5.74, 6) is 0.591. The normalized spacial score (nSPS) is 23.6. The third kappa shape index (κ3) is 4.47. The van der Waals surface area contributed by atoms with Gasteiger partial charge in [0.1, 0.15) is 0 Å². The van der Waals surface area contributed by atoms with Gasteiger partial charge in [-0.3, -0.25) is 14.7 Å². The number of rotatable bonds is 4.